The van der Waals surface area contributed by atoms with Gasteiger partial charge in [0.25, 0.3) is 0 Å². The second kappa shape index (κ2) is 9.32. The lowest BCUT2D eigenvalue weighted by atomic mass is 10.1. The summed E-state index contributed by atoms with van der Waals surface area (Å²) in [6.07, 6.45) is 17.8. The van der Waals surface area contributed by atoms with E-state index in [4.69, 9.17) is 0 Å². The van der Waals surface area contributed by atoms with Crippen LogP contribution in [0.5, 0.6) is 0 Å². The molecule has 0 fully saturated rings. The van der Waals surface area contributed by atoms with Crippen LogP contribution in [0.15, 0.2) is 21.9 Å². The summed E-state index contributed by atoms with van der Waals surface area (Å²) >= 11 is 0. The smallest absolute Gasteiger partial charge is 0.147 e. The van der Waals surface area contributed by atoms with Gasteiger partial charge in [0.05, 0.1) is 0 Å². The Morgan fingerprint density at radius 1 is 0.875 bits per heavy atom. The molecule has 2 heteroatoms. The van der Waals surface area contributed by atoms with Gasteiger partial charge in [-0.3, -0.25) is 0 Å². The van der Waals surface area contributed by atoms with Gasteiger partial charge in [-0.25, -0.2) is 9.98 Å². The highest BCUT2D eigenvalue weighted by molar-refractivity contribution is 6.18. The normalized spacial score (nSPS) is 13.7. The van der Waals surface area contributed by atoms with Crippen molar-refractivity contribution in [1.29, 1.82) is 0 Å². The molecule has 0 atom stereocenters. The number of unbranched alkanes of at least 4 members (excludes halogenated alkanes) is 8. The van der Waals surface area contributed by atoms with Gasteiger partial charge in [-0.15, -0.1) is 0 Å². The van der Waals surface area contributed by atoms with Crippen molar-refractivity contribution in [3.05, 3.63) is 11.9 Å². The number of hydrogen-bond donors (Lipinski definition) is 0. The van der Waals surface area contributed by atoms with E-state index in [2.05, 4.69) is 23.0 Å². The zero-order valence-corrected chi connectivity index (χ0v) is 10.5. The zero-order valence-electron chi connectivity index (χ0n) is 10.5. The summed E-state index contributed by atoms with van der Waals surface area (Å²) in [5, 5.41) is 0. The highest BCUT2D eigenvalue weighted by atomic mass is 15.0. The van der Waals surface area contributed by atoms with Crippen LogP contribution >= 0.6 is 0 Å². The average Bonchev–Trinajstić information content (AvgIpc) is 2.80. The van der Waals surface area contributed by atoms with Crippen LogP contribution in [0.25, 0.3) is 0 Å². The van der Waals surface area contributed by atoms with E-state index in [1.807, 2.05) is 0 Å². The summed E-state index contributed by atoms with van der Waals surface area (Å²) in [5.74, 6) is 0.892. The summed E-state index contributed by atoms with van der Waals surface area (Å²) < 4.78 is 0. The molecule has 0 aliphatic carbocycles. The Hall–Kier alpha value is -0.920. The molecule has 2 nitrogen and oxygen atoms in total. The SMILES string of the molecule is CCCCCCCCCCC=C1N=CC=N1. The van der Waals surface area contributed by atoms with E-state index < -0.39 is 0 Å². The van der Waals surface area contributed by atoms with Gasteiger partial charge in [0.2, 0.25) is 0 Å². The van der Waals surface area contributed by atoms with Crippen LogP contribution in [0.2, 0.25) is 0 Å². The molecule has 1 heterocycles. The fourth-order valence-electron chi connectivity index (χ4n) is 1.87. The maximum Gasteiger partial charge on any atom is 0.147 e. The second-order valence-electron chi connectivity index (χ2n) is 4.38. The number of nitrogens with zero attached hydrogens (tertiary/aromatic N) is 2. The van der Waals surface area contributed by atoms with Crippen molar-refractivity contribution in [1.82, 2.24) is 0 Å². The molecule has 0 aromatic heterocycles. The molecule has 0 saturated carbocycles. The zero-order chi connectivity index (χ0) is 11.5. The summed E-state index contributed by atoms with van der Waals surface area (Å²) in [7, 11) is 0. The van der Waals surface area contributed by atoms with Gasteiger partial charge in [-0.1, -0.05) is 51.9 Å². The van der Waals surface area contributed by atoms with E-state index in [1.165, 1.54) is 51.4 Å². The lowest BCUT2D eigenvalue weighted by molar-refractivity contribution is 0.577. The molecule has 0 radical (unpaired) electrons. The van der Waals surface area contributed by atoms with E-state index in [0.29, 0.717) is 0 Å². The predicted octanol–water partition coefficient (Wildman–Crippen LogP) is 4.51. The van der Waals surface area contributed by atoms with Gasteiger partial charge in [0.1, 0.15) is 5.82 Å². The van der Waals surface area contributed by atoms with Crippen LogP contribution in [0, 0.1) is 0 Å². The standard InChI is InChI=1S/C14H24N2/c1-2-3-4-5-6-7-8-9-10-11-14-15-12-13-16-14/h11-13H,2-10H2,1H3. The van der Waals surface area contributed by atoms with Crippen molar-refractivity contribution in [2.45, 2.75) is 64.7 Å². The summed E-state index contributed by atoms with van der Waals surface area (Å²) in [6, 6.07) is 0. The summed E-state index contributed by atoms with van der Waals surface area (Å²) in [5.41, 5.74) is 0. The van der Waals surface area contributed by atoms with Gasteiger partial charge >= 0.3 is 0 Å². The first-order chi connectivity index (χ1) is 7.93. The molecular weight excluding hydrogens is 196 g/mol. The van der Waals surface area contributed by atoms with Gasteiger partial charge in [-0.2, -0.15) is 0 Å². The van der Waals surface area contributed by atoms with Crippen LogP contribution in [0.3, 0.4) is 0 Å². The van der Waals surface area contributed by atoms with Crippen molar-refractivity contribution >= 4 is 12.4 Å². The molecule has 1 rings (SSSR count). The first-order valence-electron chi connectivity index (χ1n) is 6.70. The lowest BCUT2D eigenvalue weighted by Crippen LogP contribution is -1.80. The molecule has 0 amide bonds. The largest absolute Gasteiger partial charge is 0.236 e. The molecule has 0 aromatic carbocycles. The first kappa shape index (κ1) is 13.1. The molecule has 1 aliphatic heterocycles. The minimum absolute atomic E-state index is 0.892. The minimum atomic E-state index is 0.892. The highest BCUT2D eigenvalue weighted by Gasteiger charge is 1.94. The van der Waals surface area contributed by atoms with E-state index in [1.54, 1.807) is 12.4 Å². The molecular formula is C14H24N2. The van der Waals surface area contributed by atoms with Crippen molar-refractivity contribution in [3.63, 3.8) is 0 Å². The van der Waals surface area contributed by atoms with Gasteiger partial charge in [0.15, 0.2) is 0 Å². The van der Waals surface area contributed by atoms with Crippen LogP contribution < -0.4 is 0 Å². The van der Waals surface area contributed by atoms with E-state index in [0.717, 1.165) is 12.2 Å². The molecule has 0 saturated heterocycles. The Bertz CT molecular complexity index is 237. The minimum Gasteiger partial charge on any atom is -0.236 e. The average molecular weight is 220 g/mol. The quantitative estimate of drug-likeness (QED) is 0.511. The van der Waals surface area contributed by atoms with E-state index in [9.17, 15) is 0 Å². The molecule has 0 N–H and O–H groups in total. The third-order valence-electron chi connectivity index (χ3n) is 2.86. The van der Waals surface area contributed by atoms with Crippen LogP contribution in [0.1, 0.15) is 64.7 Å². The molecule has 90 valence electrons. The fourth-order valence-corrected chi connectivity index (χ4v) is 1.87. The molecule has 0 bridgehead atoms. The van der Waals surface area contributed by atoms with Crippen LogP contribution in [-0.4, -0.2) is 12.4 Å². The number of rotatable bonds is 9. The fraction of sp³-hybridized carbons (Fsp3) is 0.714. The van der Waals surface area contributed by atoms with Crippen molar-refractivity contribution in [2.24, 2.45) is 9.98 Å². The highest BCUT2D eigenvalue weighted by Crippen LogP contribution is 2.11. The van der Waals surface area contributed by atoms with Gasteiger partial charge in [-0.05, 0) is 18.9 Å². The Labute approximate surface area is 99.6 Å². The van der Waals surface area contributed by atoms with Crippen molar-refractivity contribution in [2.75, 3.05) is 0 Å². The lowest BCUT2D eigenvalue weighted by Gasteiger charge is -1.99. The Morgan fingerprint density at radius 2 is 1.44 bits per heavy atom. The van der Waals surface area contributed by atoms with Gasteiger partial charge < -0.3 is 0 Å². The summed E-state index contributed by atoms with van der Waals surface area (Å²) in [6.45, 7) is 2.27. The third kappa shape index (κ3) is 6.54. The van der Waals surface area contributed by atoms with E-state index >= 15 is 0 Å². The van der Waals surface area contributed by atoms with E-state index in [-0.39, 0.29) is 0 Å². The first-order valence-corrected chi connectivity index (χ1v) is 6.70. The van der Waals surface area contributed by atoms with Gasteiger partial charge in [0, 0.05) is 12.4 Å². The Kier molecular flexibility index (Phi) is 7.65. The number of allylic oxidation sites excluding steroid dienone is 1. The summed E-state index contributed by atoms with van der Waals surface area (Å²) in [4.78, 5) is 8.23. The maximum absolute atomic E-state index is 4.12. The molecule has 1 aliphatic rings. The predicted molar refractivity (Wildman–Crippen MR) is 72.3 cm³/mol. The number of aliphatic imine (C=N–C) groups is 2. The molecule has 16 heavy (non-hydrogen) atoms. The van der Waals surface area contributed by atoms with Crippen LogP contribution in [0.4, 0.5) is 0 Å². The van der Waals surface area contributed by atoms with Crippen molar-refractivity contribution < 1.29 is 0 Å². The number of hydrogen-bond acceptors (Lipinski definition) is 2. The topological polar surface area (TPSA) is 24.7 Å². The molecule has 0 spiro atoms. The second-order valence-corrected chi connectivity index (χ2v) is 4.38. The molecule has 0 aromatic rings. The van der Waals surface area contributed by atoms with Crippen LogP contribution in [-0.2, 0) is 0 Å². The van der Waals surface area contributed by atoms with Crippen molar-refractivity contribution in [3.8, 4) is 0 Å². The Morgan fingerprint density at radius 3 is 2.06 bits per heavy atom. The Balaban J connectivity index is 1.83. The maximum atomic E-state index is 4.12. The molecule has 0 unspecified atom stereocenters. The third-order valence-corrected chi connectivity index (χ3v) is 2.86. The monoisotopic (exact) mass is 220 g/mol.